The zero-order valence-electron chi connectivity index (χ0n) is 20.6. The van der Waals surface area contributed by atoms with Crippen LogP contribution in [0.25, 0.3) is 17.0 Å². The summed E-state index contributed by atoms with van der Waals surface area (Å²) in [6, 6.07) is 11.5. The second kappa shape index (κ2) is 7.16. The first-order valence-corrected chi connectivity index (χ1v) is 12.4. The predicted molar refractivity (Wildman–Crippen MR) is 139 cm³/mol. The molecule has 4 aromatic rings. The number of imidazole rings is 2. The lowest BCUT2D eigenvalue weighted by atomic mass is 9.64. The number of aromatic nitrogens is 5. The molecule has 2 amide bonds. The maximum Gasteiger partial charge on any atom is 0.326 e. The normalized spacial score (nSPS) is 26.4. The Labute approximate surface area is 208 Å². The molecule has 4 atom stereocenters. The molecule has 180 valence electrons. The molecule has 0 fully saturated rings. The van der Waals surface area contributed by atoms with E-state index in [1.807, 2.05) is 47.0 Å². The number of amides is 2. The van der Waals surface area contributed by atoms with Gasteiger partial charge in [-0.1, -0.05) is 61.9 Å². The van der Waals surface area contributed by atoms with Crippen LogP contribution in [-0.4, -0.2) is 30.0 Å². The molecule has 2 N–H and O–H groups in total. The highest BCUT2D eigenvalue weighted by atomic mass is 16.2. The molecule has 3 aromatic heterocycles. The lowest BCUT2D eigenvalue weighted by Crippen LogP contribution is -2.40. The minimum atomic E-state index is -0.532. The standard InChI is InChI=1S/C28H27N7O/c1-15-11-12-28(4)20-17(3)35-23(16(2)19(15)20)30-21(18-9-6-5-7-10-18)24(35)32-27(36)33-25-22(28)31-26-29-13-8-14-34(25)26/h5-17H,1-4H3,(H2,32,33,36). The smallest absolute Gasteiger partial charge is 0.307 e. The van der Waals surface area contributed by atoms with Crippen LogP contribution in [0.4, 0.5) is 16.4 Å². The third-order valence-corrected chi connectivity index (χ3v) is 8.08. The van der Waals surface area contributed by atoms with Gasteiger partial charge < -0.3 is 4.57 Å². The summed E-state index contributed by atoms with van der Waals surface area (Å²) in [5.74, 6) is 3.21. The van der Waals surface area contributed by atoms with Gasteiger partial charge in [-0.25, -0.2) is 19.7 Å². The molecule has 3 aliphatic rings. The number of hydrogen-bond acceptors (Lipinski definition) is 4. The summed E-state index contributed by atoms with van der Waals surface area (Å²) in [6.45, 7) is 8.90. The summed E-state index contributed by atoms with van der Waals surface area (Å²) in [6.07, 6.45) is 8.14. The average Bonchev–Trinajstić information content (AvgIpc) is 3.44. The van der Waals surface area contributed by atoms with E-state index in [0.717, 1.165) is 22.8 Å². The van der Waals surface area contributed by atoms with E-state index in [4.69, 9.17) is 9.97 Å². The van der Waals surface area contributed by atoms with Crippen LogP contribution in [0.5, 0.6) is 0 Å². The quantitative estimate of drug-likeness (QED) is 0.345. The van der Waals surface area contributed by atoms with E-state index in [2.05, 4.69) is 60.0 Å². The summed E-state index contributed by atoms with van der Waals surface area (Å²) in [7, 11) is 0. The van der Waals surface area contributed by atoms with Gasteiger partial charge in [0.1, 0.15) is 23.2 Å². The van der Waals surface area contributed by atoms with Crippen LogP contribution in [-0.2, 0) is 5.41 Å². The van der Waals surface area contributed by atoms with Gasteiger partial charge in [-0.15, -0.1) is 0 Å². The molecule has 2 bridgehead atoms. The van der Waals surface area contributed by atoms with Crippen molar-refractivity contribution < 1.29 is 4.79 Å². The van der Waals surface area contributed by atoms with Crippen LogP contribution in [0, 0.1) is 5.92 Å². The van der Waals surface area contributed by atoms with E-state index in [1.165, 1.54) is 11.1 Å². The van der Waals surface area contributed by atoms with E-state index in [0.29, 0.717) is 17.4 Å². The van der Waals surface area contributed by atoms with Crippen molar-refractivity contribution in [2.75, 3.05) is 10.6 Å². The van der Waals surface area contributed by atoms with Crippen molar-refractivity contribution in [2.24, 2.45) is 5.92 Å². The van der Waals surface area contributed by atoms with Crippen molar-refractivity contribution in [3.8, 4) is 11.3 Å². The second-order valence-corrected chi connectivity index (χ2v) is 10.2. The summed E-state index contributed by atoms with van der Waals surface area (Å²) in [5.41, 5.74) is 4.69. The first kappa shape index (κ1) is 21.1. The molecule has 1 aliphatic carbocycles. The van der Waals surface area contributed by atoms with Crippen molar-refractivity contribution in [3.05, 3.63) is 83.6 Å². The molecule has 7 rings (SSSR count). The number of carbonyl (C=O) groups is 1. The van der Waals surface area contributed by atoms with Gasteiger partial charge in [-0.05, 0) is 31.4 Å². The van der Waals surface area contributed by atoms with Crippen molar-refractivity contribution >= 4 is 23.4 Å². The predicted octanol–water partition coefficient (Wildman–Crippen LogP) is 5.69. The number of nitrogens with one attached hydrogen (secondary N) is 2. The van der Waals surface area contributed by atoms with Gasteiger partial charge in [-0.3, -0.25) is 15.0 Å². The van der Waals surface area contributed by atoms with Gasteiger partial charge in [0.25, 0.3) is 0 Å². The largest absolute Gasteiger partial charge is 0.326 e. The van der Waals surface area contributed by atoms with Gasteiger partial charge in [0, 0.05) is 23.9 Å². The maximum absolute atomic E-state index is 13.5. The van der Waals surface area contributed by atoms with Crippen molar-refractivity contribution in [1.29, 1.82) is 0 Å². The number of allylic oxidation sites excluding steroid dienone is 4. The Morgan fingerprint density at radius 2 is 1.78 bits per heavy atom. The van der Waals surface area contributed by atoms with Crippen LogP contribution in [0.2, 0.25) is 0 Å². The second-order valence-electron chi connectivity index (χ2n) is 10.2. The molecule has 5 heterocycles. The van der Waals surface area contributed by atoms with Gasteiger partial charge >= 0.3 is 6.03 Å². The molecule has 4 unspecified atom stereocenters. The minimum Gasteiger partial charge on any atom is -0.307 e. The highest BCUT2D eigenvalue weighted by molar-refractivity contribution is 6.02. The lowest BCUT2D eigenvalue weighted by Gasteiger charge is -2.45. The molecular formula is C28H27N7O. The third-order valence-electron chi connectivity index (χ3n) is 8.08. The molecule has 0 saturated carbocycles. The maximum atomic E-state index is 13.5. The number of rotatable bonds is 1. The third kappa shape index (κ3) is 2.64. The molecule has 8 heteroatoms. The van der Waals surface area contributed by atoms with E-state index in [9.17, 15) is 4.79 Å². The number of carbonyl (C=O) groups excluding carboxylic acids is 1. The number of nitrogens with zero attached hydrogens (tertiary/aromatic N) is 5. The molecule has 2 aliphatic heterocycles. The fourth-order valence-electron chi connectivity index (χ4n) is 6.53. The van der Waals surface area contributed by atoms with Crippen LogP contribution in [0.1, 0.15) is 51.2 Å². The Kier molecular flexibility index (Phi) is 4.20. The number of fused-ring (bicyclic) bond motifs is 4. The Morgan fingerprint density at radius 1 is 1.00 bits per heavy atom. The number of benzene rings is 1. The molecule has 0 saturated heterocycles. The summed E-state index contributed by atoms with van der Waals surface area (Å²) >= 11 is 0. The van der Waals surface area contributed by atoms with Crippen LogP contribution >= 0.6 is 0 Å². The molecule has 1 aromatic carbocycles. The van der Waals surface area contributed by atoms with E-state index in [1.54, 1.807) is 6.20 Å². The topological polar surface area (TPSA) is 89.1 Å². The zero-order chi connectivity index (χ0) is 24.8. The Hall–Kier alpha value is -4.20. The van der Waals surface area contributed by atoms with E-state index in [-0.39, 0.29) is 23.9 Å². The lowest BCUT2D eigenvalue weighted by molar-refractivity contribution is 0.261. The molecule has 0 radical (unpaired) electrons. The van der Waals surface area contributed by atoms with Crippen molar-refractivity contribution in [1.82, 2.24) is 23.9 Å². The molecule has 36 heavy (non-hydrogen) atoms. The fraction of sp³-hybridized carbons (Fsp3) is 0.286. The number of urea groups is 1. The highest BCUT2D eigenvalue weighted by Crippen LogP contribution is 2.55. The SMILES string of the molecule is CC1C=CC2(C)C3=C1C(C)c1nc(-c4ccccc4)c(n1C3C)NC(=O)Nc1c2nc2ncccn12. The molecule has 0 spiro atoms. The van der Waals surface area contributed by atoms with E-state index >= 15 is 0 Å². The minimum absolute atomic E-state index is 0.0346. The van der Waals surface area contributed by atoms with Crippen molar-refractivity contribution in [3.63, 3.8) is 0 Å². The van der Waals surface area contributed by atoms with Crippen LogP contribution in [0.3, 0.4) is 0 Å². The Balaban J connectivity index is 1.57. The first-order chi connectivity index (χ1) is 17.4. The van der Waals surface area contributed by atoms with Crippen LogP contribution < -0.4 is 10.6 Å². The zero-order valence-corrected chi connectivity index (χ0v) is 20.6. The Morgan fingerprint density at radius 3 is 2.58 bits per heavy atom. The average molecular weight is 478 g/mol. The number of hydrogen-bond donors (Lipinski definition) is 2. The molecule has 8 nitrogen and oxygen atoms in total. The van der Waals surface area contributed by atoms with Gasteiger partial charge in [0.15, 0.2) is 0 Å². The van der Waals surface area contributed by atoms with E-state index < -0.39 is 5.41 Å². The Bertz CT molecular complexity index is 1630. The summed E-state index contributed by atoms with van der Waals surface area (Å²) < 4.78 is 4.07. The summed E-state index contributed by atoms with van der Waals surface area (Å²) in [4.78, 5) is 28.1. The van der Waals surface area contributed by atoms with Gasteiger partial charge in [0.05, 0.1) is 17.2 Å². The number of anilines is 2. The van der Waals surface area contributed by atoms with Crippen molar-refractivity contribution in [2.45, 2.75) is 45.1 Å². The van der Waals surface area contributed by atoms with Crippen LogP contribution in [0.15, 0.2) is 72.1 Å². The van der Waals surface area contributed by atoms with Gasteiger partial charge in [0.2, 0.25) is 5.78 Å². The summed E-state index contributed by atoms with van der Waals surface area (Å²) in [5, 5.41) is 6.26. The molecular weight excluding hydrogens is 450 g/mol. The van der Waals surface area contributed by atoms with Gasteiger partial charge in [-0.2, -0.15) is 0 Å². The fourth-order valence-corrected chi connectivity index (χ4v) is 6.53. The highest BCUT2D eigenvalue weighted by Gasteiger charge is 2.48. The first-order valence-electron chi connectivity index (χ1n) is 12.4. The monoisotopic (exact) mass is 477 g/mol.